The zero-order valence-corrected chi connectivity index (χ0v) is 19.2. The van der Waals surface area contributed by atoms with E-state index in [0.29, 0.717) is 28.2 Å². The van der Waals surface area contributed by atoms with Crippen molar-refractivity contribution in [3.8, 4) is 11.3 Å². The maximum absolute atomic E-state index is 15.0. The number of hydrogen-bond donors (Lipinski definition) is 2. The Labute approximate surface area is 200 Å². The molecule has 0 fully saturated rings. The first-order valence-electron chi connectivity index (χ1n) is 10.3. The van der Waals surface area contributed by atoms with Crippen molar-refractivity contribution in [2.24, 2.45) is 0 Å². The van der Waals surface area contributed by atoms with Crippen molar-refractivity contribution in [3.05, 3.63) is 94.1 Å². The summed E-state index contributed by atoms with van der Waals surface area (Å²) in [6, 6.07) is 13.8. The molecule has 1 aromatic heterocycles. The van der Waals surface area contributed by atoms with Gasteiger partial charge in [0.1, 0.15) is 11.6 Å². The van der Waals surface area contributed by atoms with Crippen LogP contribution in [0.25, 0.3) is 22.3 Å². The molecular formula is C24H18ClF2N3O3S. The molecule has 0 amide bonds. The van der Waals surface area contributed by atoms with Gasteiger partial charge in [0, 0.05) is 22.7 Å². The number of carbonyl (C=O) groups excluding carboxylic acids is 1. The third-order valence-corrected chi connectivity index (χ3v) is 5.94. The van der Waals surface area contributed by atoms with E-state index in [1.54, 1.807) is 36.5 Å². The van der Waals surface area contributed by atoms with E-state index in [1.807, 2.05) is 0 Å². The minimum atomic E-state index is -2.75. The van der Waals surface area contributed by atoms with Crippen molar-refractivity contribution in [1.82, 2.24) is 14.7 Å². The van der Waals surface area contributed by atoms with Crippen LogP contribution in [-0.2, 0) is 17.3 Å². The number of halogens is 3. The molecule has 4 aromatic rings. The number of nitrogens with one attached hydrogen (secondary N) is 1. The largest absolute Gasteiger partial charge is 0.288 e. The third kappa shape index (κ3) is 5.27. The molecule has 34 heavy (non-hydrogen) atoms. The molecule has 0 saturated heterocycles. The molecule has 0 spiro atoms. The Morgan fingerprint density at radius 3 is 2.50 bits per heavy atom. The smallest absolute Gasteiger partial charge is 0.201 e. The van der Waals surface area contributed by atoms with Gasteiger partial charge in [-0.2, -0.15) is 0 Å². The molecule has 0 aliphatic heterocycles. The quantitative estimate of drug-likeness (QED) is 0.211. The molecule has 4 rings (SSSR count). The van der Waals surface area contributed by atoms with E-state index in [2.05, 4.69) is 14.7 Å². The fraction of sp³-hybridized carbons (Fsp3) is 0.125. The summed E-state index contributed by atoms with van der Waals surface area (Å²) in [6.45, 7) is 0.109. The van der Waals surface area contributed by atoms with Gasteiger partial charge in [0.15, 0.2) is 5.78 Å². The Morgan fingerprint density at radius 1 is 1.00 bits per heavy atom. The normalized spacial score (nSPS) is 11.3. The standard InChI is InChI=1S/C24H18ClF2N3O3S/c25-17-7-3-14(4-8-17)21-13-28-19-10-6-16(12-20(19)30-21)24(31)22-18(26)9-5-15(23(22)27)2-1-11-29-34(32)33/h3-10,12-13,34H,1-2,11H2,(H,29,32,33). The van der Waals surface area contributed by atoms with Crippen molar-refractivity contribution in [3.63, 3.8) is 0 Å². The molecule has 0 unspecified atom stereocenters. The van der Waals surface area contributed by atoms with Gasteiger partial charge in [-0.15, -0.1) is 0 Å². The van der Waals surface area contributed by atoms with Crippen LogP contribution in [0.15, 0.2) is 60.8 Å². The van der Waals surface area contributed by atoms with Crippen LogP contribution in [-0.4, -0.2) is 30.7 Å². The maximum atomic E-state index is 15.0. The SMILES string of the molecule is O=C(c1ccc2ncc(-c3ccc(Cl)cc3)nc2c1)c1c(F)ccc(CCCN[SH](=O)=O)c1F. The van der Waals surface area contributed by atoms with Gasteiger partial charge < -0.3 is 0 Å². The molecule has 0 aliphatic carbocycles. The van der Waals surface area contributed by atoms with Gasteiger partial charge in [-0.25, -0.2) is 26.9 Å². The molecule has 1 N–H and O–H groups in total. The van der Waals surface area contributed by atoms with Gasteiger partial charge >= 0.3 is 0 Å². The Hall–Kier alpha value is -3.27. The van der Waals surface area contributed by atoms with Crippen LogP contribution in [0.3, 0.4) is 0 Å². The minimum Gasteiger partial charge on any atom is -0.288 e. The monoisotopic (exact) mass is 501 g/mol. The van der Waals surface area contributed by atoms with Crippen molar-refractivity contribution < 1.29 is 22.0 Å². The van der Waals surface area contributed by atoms with E-state index >= 15 is 4.39 Å². The van der Waals surface area contributed by atoms with Gasteiger partial charge in [0.05, 0.1) is 28.5 Å². The lowest BCUT2D eigenvalue weighted by Crippen LogP contribution is -2.14. The fourth-order valence-corrected chi connectivity index (χ4v) is 3.97. The molecule has 10 heteroatoms. The van der Waals surface area contributed by atoms with E-state index in [0.717, 1.165) is 11.6 Å². The summed E-state index contributed by atoms with van der Waals surface area (Å²) in [7, 11) is -2.75. The third-order valence-electron chi connectivity index (χ3n) is 5.21. The Balaban J connectivity index is 1.65. The summed E-state index contributed by atoms with van der Waals surface area (Å²) in [5.41, 5.74) is 1.77. The second-order valence-corrected chi connectivity index (χ2v) is 8.73. The lowest BCUT2D eigenvalue weighted by Gasteiger charge is -2.10. The van der Waals surface area contributed by atoms with Gasteiger partial charge in [0.2, 0.25) is 10.9 Å². The first kappa shape index (κ1) is 23.9. The number of thiol groups is 1. The topological polar surface area (TPSA) is 89.0 Å². The Bertz CT molecular complexity index is 1450. The molecule has 0 saturated carbocycles. The highest BCUT2D eigenvalue weighted by Gasteiger charge is 2.22. The molecule has 1 heterocycles. The average Bonchev–Trinajstić information content (AvgIpc) is 2.82. The Kier molecular flexibility index (Phi) is 7.26. The van der Waals surface area contributed by atoms with E-state index in [9.17, 15) is 17.6 Å². The first-order valence-corrected chi connectivity index (χ1v) is 11.8. The van der Waals surface area contributed by atoms with Crippen LogP contribution in [0.4, 0.5) is 8.78 Å². The van der Waals surface area contributed by atoms with E-state index < -0.39 is 33.9 Å². The number of hydrogen-bond acceptors (Lipinski definition) is 5. The maximum Gasteiger partial charge on any atom is 0.201 e. The number of aryl methyl sites for hydroxylation is 1. The van der Waals surface area contributed by atoms with Gasteiger partial charge in [-0.05, 0) is 54.8 Å². The summed E-state index contributed by atoms with van der Waals surface area (Å²) in [6.07, 6.45) is 2.02. The average molecular weight is 502 g/mol. The number of aromatic nitrogens is 2. The zero-order valence-electron chi connectivity index (χ0n) is 17.6. The zero-order chi connectivity index (χ0) is 24.2. The number of carbonyl (C=O) groups is 1. The number of benzene rings is 3. The molecule has 0 aliphatic rings. The first-order chi connectivity index (χ1) is 16.3. The van der Waals surface area contributed by atoms with Crippen LogP contribution in [0.2, 0.25) is 5.02 Å². The van der Waals surface area contributed by atoms with Crippen LogP contribution < -0.4 is 4.72 Å². The van der Waals surface area contributed by atoms with Crippen molar-refractivity contribution >= 4 is 39.3 Å². The fourth-order valence-electron chi connectivity index (χ4n) is 3.50. The molecule has 0 radical (unpaired) electrons. The molecule has 3 aromatic carbocycles. The lowest BCUT2D eigenvalue weighted by molar-refractivity contribution is 0.103. The molecule has 6 nitrogen and oxygen atoms in total. The lowest BCUT2D eigenvalue weighted by atomic mass is 9.97. The number of ketones is 1. The van der Waals surface area contributed by atoms with Gasteiger partial charge in [0.25, 0.3) is 0 Å². The predicted molar refractivity (Wildman–Crippen MR) is 126 cm³/mol. The van der Waals surface area contributed by atoms with Crippen molar-refractivity contribution in [1.29, 1.82) is 0 Å². The molecular weight excluding hydrogens is 484 g/mol. The van der Waals surface area contributed by atoms with Crippen LogP contribution in [0, 0.1) is 11.6 Å². The number of nitrogens with zero attached hydrogens (tertiary/aromatic N) is 2. The van der Waals surface area contributed by atoms with Crippen LogP contribution >= 0.6 is 11.6 Å². The van der Waals surface area contributed by atoms with Crippen molar-refractivity contribution in [2.45, 2.75) is 12.8 Å². The van der Waals surface area contributed by atoms with Crippen molar-refractivity contribution in [2.75, 3.05) is 6.54 Å². The molecule has 0 bridgehead atoms. The van der Waals surface area contributed by atoms with E-state index in [-0.39, 0.29) is 24.1 Å². The minimum absolute atomic E-state index is 0.0648. The summed E-state index contributed by atoms with van der Waals surface area (Å²) >= 11 is 5.93. The van der Waals surface area contributed by atoms with E-state index in [1.165, 1.54) is 18.2 Å². The molecule has 0 atom stereocenters. The highest BCUT2D eigenvalue weighted by Crippen LogP contribution is 2.25. The summed E-state index contributed by atoms with van der Waals surface area (Å²) in [4.78, 5) is 21.9. The number of rotatable bonds is 8. The predicted octanol–water partition coefficient (Wildman–Crippen LogP) is 4.51. The van der Waals surface area contributed by atoms with Gasteiger partial charge in [-0.3, -0.25) is 9.78 Å². The van der Waals surface area contributed by atoms with Crippen LogP contribution in [0.1, 0.15) is 27.9 Å². The summed E-state index contributed by atoms with van der Waals surface area (Å²) in [5, 5.41) is 0.578. The highest BCUT2D eigenvalue weighted by atomic mass is 35.5. The van der Waals surface area contributed by atoms with Crippen LogP contribution in [0.5, 0.6) is 0 Å². The van der Waals surface area contributed by atoms with E-state index in [4.69, 9.17) is 11.6 Å². The Morgan fingerprint density at radius 2 is 1.76 bits per heavy atom. The van der Waals surface area contributed by atoms with Gasteiger partial charge in [-0.1, -0.05) is 29.8 Å². The number of fused-ring (bicyclic) bond motifs is 1. The second kappa shape index (κ2) is 10.3. The second-order valence-electron chi connectivity index (χ2n) is 7.46. The molecule has 174 valence electrons. The summed E-state index contributed by atoms with van der Waals surface area (Å²) in [5.74, 6) is -2.76. The summed E-state index contributed by atoms with van der Waals surface area (Å²) < 4.78 is 52.9. The highest BCUT2D eigenvalue weighted by molar-refractivity contribution is 7.70.